The minimum Gasteiger partial charge on any atom is -0.426 e. The van der Waals surface area contributed by atoms with Crippen molar-refractivity contribution in [1.82, 2.24) is 0 Å². The van der Waals surface area contributed by atoms with Crippen molar-refractivity contribution in [3.05, 3.63) is 47.1 Å². The van der Waals surface area contributed by atoms with Gasteiger partial charge < -0.3 is 10.1 Å². The number of anilines is 1. The molecule has 0 saturated carbocycles. The van der Waals surface area contributed by atoms with Crippen molar-refractivity contribution in [1.29, 1.82) is 0 Å². The molecule has 0 aromatic heterocycles. The van der Waals surface area contributed by atoms with Gasteiger partial charge in [-0.2, -0.15) is 9.98 Å². The highest BCUT2D eigenvalue weighted by molar-refractivity contribution is 6.04. The van der Waals surface area contributed by atoms with Crippen molar-refractivity contribution in [2.45, 2.75) is 13.3 Å². The number of nitrogens with zero attached hydrogens (tertiary/aromatic N) is 4. The highest BCUT2D eigenvalue weighted by Crippen LogP contribution is 2.29. The standard InChI is InChI=1S/C18H13N5O5/c1-10(25)8-15(26)19-13-7-6-12-16(21-18(27)20-12)17(13)23-22-11-4-2-3-5-14(11)28-9-24/h2-7,9H,8H2,1H3,(H,19,26). The number of hydrogen-bond donors (Lipinski definition) is 1. The Hall–Kier alpha value is -4.08. The maximum absolute atomic E-state index is 12.0. The Morgan fingerprint density at radius 1 is 1.14 bits per heavy atom. The van der Waals surface area contributed by atoms with Gasteiger partial charge in [0.2, 0.25) is 5.91 Å². The van der Waals surface area contributed by atoms with Crippen LogP contribution in [0, 0.1) is 0 Å². The molecule has 0 unspecified atom stereocenters. The van der Waals surface area contributed by atoms with Crippen molar-refractivity contribution in [3.8, 4) is 5.75 Å². The summed E-state index contributed by atoms with van der Waals surface area (Å²) >= 11 is 0. The Morgan fingerprint density at radius 3 is 2.68 bits per heavy atom. The quantitative estimate of drug-likeness (QED) is 0.445. The molecule has 2 aromatic rings. The van der Waals surface area contributed by atoms with E-state index in [0.717, 1.165) is 0 Å². The van der Waals surface area contributed by atoms with Crippen molar-refractivity contribution in [2.24, 2.45) is 20.2 Å². The van der Waals surface area contributed by atoms with Gasteiger partial charge in [0.25, 0.3) is 6.47 Å². The van der Waals surface area contributed by atoms with Gasteiger partial charge in [0.1, 0.15) is 22.5 Å². The summed E-state index contributed by atoms with van der Waals surface area (Å²) < 4.78 is 4.84. The minimum atomic E-state index is -0.705. The Balaban J connectivity index is 2.06. The molecule has 10 nitrogen and oxygen atoms in total. The lowest BCUT2D eigenvalue weighted by Crippen LogP contribution is -2.24. The first-order chi connectivity index (χ1) is 13.5. The molecule has 0 atom stereocenters. The fraction of sp³-hybridized carbons (Fsp3) is 0.111. The number of rotatable bonds is 7. The normalized spacial score (nSPS) is 12.1. The van der Waals surface area contributed by atoms with E-state index in [9.17, 15) is 19.2 Å². The first kappa shape index (κ1) is 18.7. The largest absolute Gasteiger partial charge is 0.426 e. The number of benzene rings is 2. The van der Waals surface area contributed by atoms with E-state index >= 15 is 0 Å². The number of urea groups is 1. The smallest absolute Gasteiger partial charge is 0.368 e. The molecule has 1 heterocycles. The second-order valence-electron chi connectivity index (χ2n) is 5.64. The molecule has 0 bridgehead atoms. The van der Waals surface area contributed by atoms with Gasteiger partial charge in [0, 0.05) is 0 Å². The summed E-state index contributed by atoms with van der Waals surface area (Å²) in [4.78, 5) is 52.8. The zero-order valence-electron chi connectivity index (χ0n) is 14.6. The van der Waals surface area contributed by atoms with E-state index in [0.29, 0.717) is 0 Å². The van der Waals surface area contributed by atoms with Gasteiger partial charge in [-0.1, -0.05) is 12.1 Å². The van der Waals surface area contributed by atoms with Crippen LogP contribution >= 0.6 is 0 Å². The molecule has 0 saturated heterocycles. The molecule has 28 heavy (non-hydrogen) atoms. The number of carbonyl (C=O) groups is 4. The highest BCUT2D eigenvalue weighted by Gasteiger charge is 2.16. The van der Waals surface area contributed by atoms with E-state index < -0.39 is 11.9 Å². The van der Waals surface area contributed by atoms with E-state index in [4.69, 9.17) is 4.74 Å². The Bertz CT molecular complexity index is 1140. The van der Waals surface area contributed by atoms with Gasteiger partial charge in [-0.05, 0) is 31.2 Å². The predicted octanol–water partition coefficient (Wildman–Crippen LogP) is 1.93. The molecule has 0 fully saturated rings. The van der Waals surface area contributed by atoms with E-state index in [-0.39, 0.29) is 52.2 Å². The van der Waals surface area contributed by atoms with Gasteiger partial charge >= 0.3 is 6.03 Å². The lowest BCUT2D eigenvalue weighted by molar-refractivity contribution is -0.124. The van der Waals surface area contributed by atoms with Gasteiger partial charge in [-0.25, -0.2) is 4.79 Å². The predicted molar refractivity (Wildman–Crippen MR) is 95.4 cm³/mol. The van der Waals surface area contributed by atoms with E-state index in [1.54, 1.807) is 18.2 Å². The first-order valence-electron chi connectivity index (χ1n) is 8.02. The Labute approximate surface area is 157 Å². The number of hydrogen-bond acceptors (Lipinski definition) is 7. The molecule has 0 spiro atoms. The number of ether oxygens (including phenoxy) is 1. The number of Topliss-reactive ketones (excluding diaryl/α,β-unsaturated/α-hetero) is 1. The number of carbonyl (C=O) groups excluding carboxylic acids is 4. The van der Waals surface area contributed by atoms with Crippen molar-refractivity contribution in [2.75, 3.05) is 5.32 Å². The average molecular weight is 379 g/mol. The average Bonchev–Trinajstić information content (AvgIpc) is 3.02. The van der Waals surface area contributed by atoms with Crippen molar-refractivity contribution in [3.63, 3.8) is 0 Å². The summed E-state index contributed by atoms with van der Waals surface area (Å²) in [5.41, 5.74) is 0.538. The molecule has 3 rings (SSSR count). The fourth-order valence-corrected chi connectivity index (χ4v) is 2.41. The summed E-state index contributed by atoms with van der Waals surface area (Å²) in [5, 5.41) is 11.1. The zero-order chi connectivity index (χ0) is 20.1. The van der Waals surface area contributed by atoms with Crippen LogP contribution in [0.15, 0.2) is 56.6 Å². The summed E-state index contributed by atoms with van der Waals surface area (Å²) in [6.45, 7) is 1.55. The molecule has 3 amide bonds. The number of ketones is 1. The monoisotopic (exact) mass is 379 g/mol. The fourth-order valence-electron chi connectivity index (χ4n) is 2.41. The van der Waals surface area contributed by atoms with E-state index in [1.807, 2.05) is 0 Å². The number of azo groups is 1. The molecule has 1 N–H and O–H groups in total. The summed E-state index contributed by atoms with van der Waals surface area (Å²) in [6.07, 6.45) is -0.315. The van der Waals surface area contributed by atoms with Crippen LogP contribution in [0.2, 0.25) is 0 Å². The summed E-state index contributed by atoms with van der Waals surface area (Å²) in [6, 6.07) is 8.68. The van der Waals surface area contributed by atoms with Gasteiger partial charge in [-0.3, -0.25) is 14.4 Å². The molecule has 2 aromatic carbocycles. The topological polar surface area (TPSA) is 139 Å². The zero-order valence-corrected chi connectivity index (χ0v) is 14.6. The maximum atomic E-state index is 12.0. The van der Waals surface area contributed by atoms with E-state index in [1.165, 1.54) is 25.1 Å². The molecule has 1 aliphatic rings. The van der Waals surface area contributed by atoms with Gasteiger partial charge in [-0.15, -0.1) is 10.2 Å². The van der Waals surface area contributed by atoms with Crippen LogP contribution in [-0.4, -0.2) is 24.2 Å². The number of para-hydroxylation sites is 1. The third kappa shape index (κ3) is 4.18. The third-order valence-corrected chi connectivity index (χ3v) is 3.54. The minimum absolute atomic E-state index is 0.0879. The molecule has 1 aliphatic heterocycles. The SMILES string of the molecule is CC(=O)CC(=O)Nc1ccc2c(c1N=Nc1ccccc1OC=O)=NC(=O)N=2. The van der Waals surface area contributed by atoms with Crippen molar-refractivity contribution < 1.29 is 23.9 Å². The number of amides is 3. The van der Waals surface area contributed by atoms with Crippen LogP contribution in [0.3, 0.4) is 0 Å². The second-order valence-corrected chi connectivity index (χ2v) is 5.64. The Morgan fingerprint density at radius 2 is 1.93 bits per heavy atom. The van der Waals surface area contributed by atoms with Gasteiger partial charge in [0.05, 0.1) is 17.5 Å². The molecule has 0 radical (unpaired) electrons. The lowest BCUT2D eigenvalue weighted by atomic mass is 10.2. The van der Waals surface area contributed by atoms with Crippen LogP contribution < -0.4 is 20.8 Å². The highest BCUT2D eigenvalue weighted by atomic mass is 16.5. The lowest BCUT2D eigenvalue weighted by Gasteiger charge is -2.07. The summed E-state index contributed by atoms with van der Waals surface area (Å²) in [7, 11) is 0. The second kappa shape index (κ2) is 8.08. The molecule has 10 heteroatoms. The molecule has 140 valence electrons. The van der Waals surface area contributed by atoms with Gasteiger partial charge in [0.15, 0.2) is 5.75 Å². The summed E-state index contributed by atoms with van der Waals surface area (Å²) in [5.74, 6) is -0.680. The molecular weight excluding hydrogens is 366 g/mol. The van der Waals surface area contributed by atoms with Crippen LogP contribution in [0.5, 0.6) is 5.75 Å². The van der Waals surface area contributed by atoms with Crippen molar-refractivity contribution >= 4 is 41.3 Å². The number of nitrogens with one attached hydrogen (secondary N) is 1. The van der Waals surface area contributed by atoms with Crippen LogP contribution in [0.25, 0.3) is 0 Å². The Kier molecular flexibility index (Phi) is 5.40. The van der Waals surface area contributed by atoms with Crippen LogP contribution in [-0.2, 0) is 14.4 Å². The molecule has 0 aliphatic carbocycles. The molecular formula is C18H13N5O5. The maximum Gasteiger partial charge on any atom is 0.368 e. The first-order valence-corrected chi connectivity index (χ1v) is 8.02. The van der Waals surface area contributed by atoms with Crippen LogP contribution in [0.1, 0.15) is 13.3 Å². The van der Waals surface area contributed by atoms with E-state index in [2.05, 4.69) is 25.5 Å². The third-order valence-electron chi connectivity index (χ3n) is 3.54. The van der Waals surface area contributed by atoms with Crippen LogP contribution in [0.4, 0.5) is 21.9 Å². The number of fused-ring (bicyclic) bond motifs is 1.